The lowest BCUT2D eigenvalue weighted by Crippen LogP contribution is -2.18. The van der Waals surface area contributed by atoms with Crippen molar-refractivity contribution in [1.82, 2.24) is 9.55 Å². The van der Waals surface area contributed by atoms with Gasteiger partial charge in [-0.3, -0.25) is 4.57 Å². The van der Waals surface area contributed by atoms with Crippen LogP contribution in [0.3, 0.4) is 0 Å². The van der Waals surface area contributed by atoms with Gasteiger partial charge in [0.1, 0.15) is 0 Å². The molecule has 1 aromatic heterocycles. The second kappa shape index (κ2) is 3.48. The average molecular weight is 213 g/mol. The van der Waals surface area contributed by atoms with Crippen molar-refractivity contribution >= 4 is 22.6 Å². The SMILES string of the molecule is O=c1[nH]c2c(Cl)cccc2n1CCO. The molecule has 2 N–H and O–H groups in total. The van der Waals surface area contributed by atoms with Crippen LogP contribution in [0.1, 0.15) is 0 Å². The highest BCUT2D eigenvalue weighted by molar-refractivity contribution is 6.34. The van der Waals surface area contributed by atoms with Gasteiger partial charge in [-0.25, -0.2) is 4.79 Å². The molecule has 0 spiro atoms. The molecule has 2 rings (SSSR count). The van der Waals surface area contributed by atoms with Gasteiger partial charge in [-0.1, -0.05) is 17.7 Å². The Hall–Kier alpha value is -1.26. The van der Waals surface area contributed by atoms with Crippen LogP contribution < -0.4 is 5.69 Å². The number of hydrogen-bond donors (Lipinski definition) is 2. The number of benzene rings is 1. The minimum atomic E-state index is -0.248. The van der Waals surface area contributed by atoms with Gasteiger partial charge in [-0.05, 0) is 12.1 Å². The molecule has 0 aliphatic heterocycles. The molecule has 0 aliphatic carbocycles. The summed E-state index contributed by atoms with van der Waals surface area (Å²) in [5, 5.41) is 9.30. The average Bonchev–Trinajstić information content (AvgIpc) is 2.47. The first-order valence-electron chi connectivity index (χ1n) is 4.22. The van der Waals surface area contributed by atoms with Crippen molar-refractivity contribution in [2.75, 3.05) is 6.61 Å². The number of nitrogens with one attached hydrogen (secondary N) is 1. The van der Waals surface area contributed by atoms with E-state index in [1.165, 1.54) is 4.57 Å². The molecule has 2 aromatic rings. The maximum atomic E-state index is 11.4. The molecular weight excluding hydrogens is 204 g/mol. The number of imidazole rings is 1. The Morgan fingerprint density at radius 2 is 2.29 bits per heavy atom. The van der Waals surface area contributed by atoms with Crippen molar-refractivity contribution in [3.05, 3.63) is 33.7 Å². The molecule has 0 saturated carbocycles. The Morgan fingerprint density at radius 1 is 1.50 bits per heavy atom. The van der Waals surface area contributed by atoms with Crippen LogP contribution >= 0.6 is 11.6 Å². The lowest BCUT2D eigenvalue weighted by atomic mass is 10.3. The number of H-pyrrole nitrogens is 1. The highest BCUT2D eigenvalue weighted by Crippen LogP contribution is 2.19. The minimum absolute atomic E-state index is 0.0701. The van der Waals surface area contributed by atoms with E-state index < -0.39 is 0 Å². The molecule has 1 aromatic carbocycles. The molecule has 0 aliphatic rings. The first kappa shape index (κ1) is 9.30. The van der Waals surface area contributed by atoms with Crippen molar-refractivity contribution in [3.63, 3.8) is 0 Å². The normalized spacial score (nSPS) is 11.0. The van der Waals surface area contributed by atoms with Gasteiger partial charge < -0.3 is 10.1 Å². The molecule has 0 fully saturated rings. The number of hydrogen-bond acceptors (Lipinski definition) is 2. The highest BCUT2D eigenvalue weighted by atomic mass is 35.5. The van der Waals surface area contributed by atoms with E-state index in [1.807, 2.05) is 0 Å². The Labute approximate surface area is 84.7 Å². The molecule has 0 unspecified atom stereocenters. The number of aromatic nitrogens is 2. The molecule has 0 amide bonds. The summed E-state index contributed by atoms with van der Waals surface area (Å²) in [6.45, 7) is 0.207. The smallest absolute Gasteiger partial charge is 0.326 e. The Kier molecular flexibility index (Phi) is 2.31. The Balaban J connectivity index is 2.77. The first-order chi connectivity index (χ1) is 6.74. The fraction of sp³-hybridized carbons (Fsp3) is 0.222. The van der Waals surface area contributed by atoms with E-state index in [9.17, 15) is 4.79 Å². The van der Waals surface area contributed by atoms with Gasteiger partial charge in [0, 0.05) is 0 Å². The van der Waals surface area contributed by atoms with Crippen LogP contribution in [0.4, 0.5) is 0 Å². The van der Waals surface area contributed by atoms with Crippen molar-refractivity contribution in [1.29, 1.82) is 0 Å². The van der Waals surface area contributed by atoms with Crippen LogP contribution in [0.25, 0.3) is 11.0 Å². The number of halogens is 1. The van der Waals surface area contributed by atoms with Gasteiger partial charge in [0.2, 0.25) is 0 Å². The first-order valence-corrected chi connectivity index (χ1v) is 4.59. The summed E-state index contributed by atoms with van der Waals surface area (Å²) in [5.74, 6) is 0. The van der Waals surface area contributed by atoms with Gasteiger partial charge in [0.25, 0.3) is 0 Å². The predicted octanol–water partition coefficient (Wildman–Crippen LogP) is 0.975. The van der Waals surface area contributed by atoms with E-state index in [0.717, 1.165) is 5.52 Å². The fourth-order valence-corrected chi connectivity index (χ4v) is 1.68. The van der Waals surface area contributed by atoms with Crippen LogP contribution in [0.2, 0.25) is 5.02 Å². The van der Waals surface area contributed by atoms with Gasteiger partial charge in [0.05, 0.1) is 29.2 Å². The molecule has 0 atom stereocenters. The van der Waals surface area contributed by atoms with E-state index in [-0.39, 0.29) is 18.8 Å². The van der Waals surface area contributed by atoms with Gasteiger partial charge >= 0.3 is 5.69 Å². The quantitative estimate of drug-likeness (QED) is 0.780. The van der Waals surface area contributed by atoms with Crippen molar-refractivity contribution < 1.29 is 5.11 Å². The third-order valence-corrected chi connectivity index (χ3v) is 2.40. The number of para-hydroxylation sites is 1. The third kappa shape index (κ3) is 1.32. The van der Waals surface area contributed by atoms with Gasteiger partial charge in [0.15, 0.2) is 0 Å². The number of nitrogens with zero attached hydrogens (tertiary/aromatic N) is 1. The van der Waals surface area contributed by atoms with Crippen LogP contribution in [-0.4, -0.2) is 21.3 Å². The molecule has 74 valence electrons. The molecule has 1 heterocycles. The molecular formula is C9H9ClN2O2. The molecule has 0 radical (unpaired) electrons. The predicted molar refractivity (Wildman–Crippen MR) is 54.7 cm³/mol. The second-order valence-corrected chi connectivity index (χ2v) is 3.35. The lowest BCUT2D eigenvalue weighted by molar-refractivity contribution is 0.276. The summed E-state index contributed by atoms with van der Waals surface area (Å²) in [6, 6.07) is 5.27. The maximum absolute atomic E-state index is 11.4. The Morgan fingerprint density at radius 3 is 3.00 bits per heavy atom. The standard InChI is InChI=1S/C9H9ClN2O2/c10-6-2-1-3-7-8(6)11-9(14)12(7)4-5-13/h1-3,13H,4-5H2,(H,11,14). The molecule has 0 bridgehead atoms. The summed E-state index contributed by atoms with van der Waals surface area (Å²) in [4.78, 5) is 14.1. The van der Waals surface area contributed by atoms with E-state index in [2.05, 4.69) is 4.98 Å². The van der Waals surface area contributed by atoms with Crippen molar-refractivity contribution in [2.45, 2.75) is 6.54 Å². The zero-order valence-electron chi connectivity index (χ0n) is 7.33. The van der Waals surface area contributed by atoms with Crippen LogP contribution in [0.15, 0.2) is 23.0 Å². The number of aromatic amines is 1. The van der Waals surface area contributed by atoms with E-state index in [0.29, 0.717) is 10.5 Å². The topological polar surface area (TPSA) is 58.0 Å². The number of rotatable bonds is 2. The zero-order valence-corrected chi connectivity index (χ0v) is 8.08. The lowest BCUT2D eigenvalue weighted by Gasteiger charge is -1.99. The summed E-state index contributed by atoms with van der Waals surface area (Å²) in [6.07, 6.45) is 0. The van der Waals surface area contributed by atoms with Gasteiger partial charge in [-0.2, -0.15) is 0 Å². The molecule has 0 saturated heterocycles. The van der Waals surface area contributed by atoms with E-state index >= 15 is 0 Å². The second-order valence-electron chi connectivity index (χ2n) is 2.94. The van der Waals surface area contributed by atoms with Crippen molar-refractivity contribution in [2.24, 2.45) is 0 Å². The summed E-state index contributed by atoms with van der Waals surface area (Å²) >= 11 is 5.90. The number of aliphatic hydroxyl groups is 1. The van der Waals surface area contributed by atoms with Crippen LogP contribution in [-0.2, 0) is 6.54 Å². The van der Waals surface area contributed by atoms with E-state index in [4.69, 9.17) is 16.7 Å². The zero-order chi connectivity index (χ0) is 10.1. The molecule has 5 heteroatoms. The maximum Gasteiger partial charge on any atom is 0.326 e. The minimum Gasteiger partial charge on any atom is -0.395 e. The highest BCUT2D eigenvalue weighted by Gasteiger charge is 2.07. The van der Waals surface area contributed by atoms with Crippen molar-refractivity contribution in [3.8, 4) is 0 Å². The Bertz CT molecular complexity index is 515. The summed E-state index contributed by atoms with van der Waals surface area (Å²) in [5.41, 5.74) is 1.09. The molecule has 4 nitrogen and oxygen atoms in total. The van der Waals surface area contributed by atoms with Crippen LogP contribution in [0.5, 0.6) is 0 Å². The number of fused-ring (bicyclic) bond motifs is 1. The van der Waals surface area contributed by atoms with Gasteiger partial charge in [-0.15, -0.1) is 0 Å². The fourth-order valence-electron chi connectivity index (χ4n) is 1.47. The van der Waals surface area contributed by atoms with Crippen LogP contribution in [0, 0.1) is 0 Å². The largest absolute Gasteiger partial charge is 0.395 e. The summed E-state index contributed by atoms with van der Waals surface area (Å²) < 4.78 is 1.46. The summed E-state index contributed by atoms with van der Waals surface area (Å²) in [7, 11) is 0. The molecule has 14 heavy (non-hydrogen) atoms. The van der Waals surface area contributed by atoms with E-state index in [1.54, 1.807) is 18.2 Å². The third-order valence-electron chi connectivity index (χ3n) is 2.08. The number of aliphatic hydroxyl groups excluding tert-OH is 1. The monoisotopic (exact) mass is 212 g/mol.